The van der Waals surface area contributed by atoms with Crippen molar-refractivity contribution in [2.45, 2.75) is 13.0 Å². The Kier molecular flexibility index (Phi) is 4.57. The predicted octanol–water partition coefficient (Wildman–Crippen LogP) is 4.40. The maximum absolute atomic E-state index is 12.4. The predicted molar refractivity (Wildman–Crippen MR) is 94.6 cm³/mol. The molecule has 5 heteroatoms. The van der Waals surface area contributed by atoms with Crippen molar-refractivity contribution >= 4 is 38.4 Å². The van der Waals surface area contributed by atoms with Crippen LogP contribution in [0.5, 0.6) is 5.75 Å². The highest BCUT2D eigenvalue weighted by molar-refractivity contribution is 9.10. The molecule has 3 rings (SSSR count). The zero-order valence-corrected chi connectivity index (χ0v) is 14.1. The molecule has 1 amide bonds. The number of rotatable bonds is 4. The average Bonchev–Trinajstić information content (AvgIpc) is 2.57. The highest BCUT2D eigenvalue weighted by Gasteiger charge is 2.16. The number of aromatic nitrogens is 1. The number of halogens is 1. The van der Waals surface area contributed by atoms with Crippen LogP contribution < -0.4 is 10.1 Å². The second-order valence-electron chi connectivity index (χ2n) is 5.08. The summed E-state index contributed by atoms with van der Waals surface area (Å²) in [4.78, 5) is 16.6. The second-order valence-corrected chi connectivity index (χ2v) is 5.99. The molecule has 0 saturated heterocycles. The van der Waals surface area contributed by atoms with Crippen LogP contribution in [-0.2, 0) is 4.79 Å². The molecule has 0 aliphatic heterocycles. The molecule has 1 atom stereocenters. The smallest absolute Gasteiger partial charge is 0.265 e. The highest BCUT2D eigenvalue weighted by Crippen LogP contribution is 2.22. The molecule has 0 unspecified atom stereocenters. The number of carbonyl (C=O) groups excluding carboxylic acids is 1. The van der Waals surface area contributed by atoms with Gasteiger partial charge in [-0.3, -0.25) is 9.78 Å². The van der Waals surface area contributed by atoms with Gasteiger partial charge in [-0.15, -0.1) is 0 Å². The molecule has 23 heavy (non-hydrogen) atoms. The zero-order chi connectivity index (χ0) is 16.2. The van der Waals surface area contributed by atoms with Gasteiger partial charge in [0.2, 0.25) is 0 Å². The maximum Gasteiger partial charge on any atom is 0.265 e. The molecule has 4 nitrogen and oxygen atoms in total. The van der Waals surface area contributed by atoms with Crippen molar-refractivity contribution in [1.29, 1.82) is 0 Å². The van der Waals surface area contributed by atoms with Gasteiger partial charge in [0.1, 0.15) is 5.75 Å². The molecule has 1 N–H and O–H groups in total. The number of fused-ring (bicyclic) bond motifs is 1. The van der Waals surface area contributed by atoms with E-state index in [0.717, 1.165) is 21.1 Å². The van der Waals surface area contributed by atoms with E-state index in [9.17, 15) is 4.79 Å². The number of hydrogen-bond donors (Lipinski definition) is 1. The fourth-order valence-electron chi connectivity index (χ4n) is 2.22. The lowest BCUT2D eigenvalue weighted by molar-refractivity contribution is -0.122. The monoisotopic (exact) mass is 370 g/mol. The normalized spacial score (nSPS) is 11.9. The largest absolute Gasteiger partial charge is 0.481 e. The van der Waals surface area contributed by atoms with Gasteiger partial charge in [-0.05, 0) is 55.5 Å². The van der Waals surface area contributed by atoms with Gasteiger partial charge in [0.15, 0.2) is 6.10 Å². The van der Waals surface area contributed by atoms with Gasteiger partial charge >= 0.3 is 0 Å². The van der Waals surface area contributed by atoms with Crippen molar-refractivity contribution in [3.8, 4) is 5.75 Å². The highest BCUT2D eigenvalue weighted by atomic mass is 79.9. The minimum Gasteiger partial charge on any atom is -0.481 e. The van der Waals surface area contributed by atoms with Gasteiger partial charge in [-0.1, -0.05) is 22.0 Å². The summed E-state index contributed by atoms with van der Waals surface area (Å²) in [6.07, 6.45) is 1.12. The molecular weight excluding hydrogens is 356 g/mol. The summed E-state index contributed by atoms with van der Waals surface area (Å²) in [5, 5.41) is 3.81. The first kappa shape index (κ1) is 15.5. The van der Waals surface area contributed by atoms with Crippen LogP contribution in [0.1, 0.15) is 6.92 Å². The lowest BCUT2D eigenvalue weighted by Gasteiger charge is -2.15. The van der Waals surface area contributed by atoms with Crippen molar-refractivity contribution in [1.82, 2.24) is 4.98 Å². The molecule has 0 fully saturated rings. The number of amides is 1. The molecule has 3 aromatic rings. The Bertz CT molecular complexity index is 829. The Morgan fingerprint density at radius 1 is 1.13 bits per heavy atom. The van der Waals surface area contributed by atoms with E-state index in [1.165, 1.54) is 0 Å². The Morgan fingerprint density at radius 3 is 2.70 bits per heavy atom. The van der Waals surface area contributed by atoms with Crippen LogP contribution >= 0.6 is 15.9 Å². The van der Waals surface area contributed by atoms with E-state index in [4.69, 9.17) is 4.74 Å². The summed E-state index contributed by atoms with van der Waals surface area (Å²) in [6.45, 7) is 1.72. The van der Waals surface area contributed by atoms with Crippen LogP contribution in [0.3, 0.4) is 0 Å². The first-order valence-corrected chi connectivity index (χ1v) is 7.99. The van der Waals surface area contributed by atoms with E-state index in [1.807, 2.05) is 54.6 Å². The molecule has 1 aromatic heterocycles. The third kappa shape index (κ3) is 3.68. The SMILES string of the molecule is C[C@H](Oc1ccc(Br)cc1)C(=O)Nc1cccc2ncccc12. The minimum atomic E-state index is -0.608. The van der Waals surface area contributed by atoms with Crippen molar-refractivity contribution in [2.24, 2.45) is 0 Å². The van der Waals surface area contributed by atoms with Crippen molar-refractivity contribution in [3.05, 3.63) is 65.3 Å². The fourth-order valence-corrected chi connectivity index (χ4v) is 2.48. The Labute approximate surface area is 142 Å². The minimum absolute atomic E-state index is 0.204. The number of anilines is 1. The molecule has 0 spiro atoms. The molecular formula is C18H15BrN2O2. The van der Waals surface area contributed by atoms with Gasteiger partial charge in [0.25, 0.3) is 5.91 Å². The summed E-state index contributed by atoms with van der Waals surface area (Å²) in [7, 11) is 0. The standard InChI is InChI=1S/C18H15BrN2O2/c1-12(23-14-9-7-13(19)8-10-14)18(22)21-17-6-2-5-16-15(17)4-3-11-20-16/h2-12H,1H3,(H,21,22)/t12-/m0/s1. The number of hydrogen-bond acceptors (Lipinski definition) is 3. The summed E-state index contributed by atoms with van der Waals surface area (Å²) >= 11 is 3.37. The first-order valence-electron chi connectivity index (χ1n) is 7.20. The summed E-state index contributed by atoms with van der Waals surface area (Å²) in [5.41, 5.74) is 1.57. The van der Waals surface area contributed by atoms with E-state index in [2.05, 4.69) is 26.2 Å². The van der Waals surface area contributed by atoms with Gasteiger partial charge < -0.3 is 10.1 Å². The third-order valence-electron chi connectivity index (χ3n) is 3.40. The Morgan fingerprint density at radius 2 is 1.91 bits per heavy atom. The van der Waals surface area contributed by atoms with E-state index in [-0.39, 0.29) is 5.91 Å². The van der Waals surface area contributed by atoms with Crippen LogP contribution in [-0.4, -0.2) is 17.0 Å². The zero-order valence-electron chi connectivity index (χ0n) is 12.5. The second kappa shape index (κ2) is 6.79. The summed E-state index contributed by atoms with van der Waals surface area (Å²) in [5.74, 6) is 0.444. The summed E-state index contributed by atoms with van der Waals surface area (Å²) < 4.78 is 6.63. The third-order valence-corrected chi connectivity index (χ3v) is 3.93. The molecule has 1 heterocycles. The van der Waals surface area contributed by atoms with E-state index in [0.29, 0.717) is 5.75 Å². The molecule has 0 radical (unpaired) electrons. The number of nitrogens with zero attached hydrogens (tertiary/aromatic N) is 1. The fraction of sp³-hybridized carbons (Fsp3) is 0.111. The van der Waals surface area contributed by atoms with Gasteiger partial charge in [0.05, 0.1) is 11.2 Å². The van der Waals surface area contributed by atoms with E-state index >= 15 is 0 Å². The number of carbonyl (C=O) groups is 1. The Hall–Kier alpha value is -2.40. The van der Waals surface area contributed by atoms with Crippen LogP contribution in [0.2, 0.25) is 0 Å². The topological polar surface area (TPSA) is 51.2 Å². The van der Waals surface area contributed by atoms with E-state index in [1.54, 1.807) is 13.1 Å². The van der Waals surface area contributed by atoms with Crippen molar-refractivity contribution in [2.75, 3.05) is 5.32 Å². The van der Waals surface area contributed by atoms with Crippen LogP contribution in [0.15, 0.2) is 65.3 Å². The van der Waals surface area contributed by atoms with Crippen molar-refractivity contribution < 1.29 is 9.53 Å². The number of benzene rings is 2. The molecule has 2 aromatic carbocycles. The van der Waals surface area contributed by atoms with Crippen LogP contribution in [0.4, 0.5) is 5.69 Å². The molecule has 0 aliphatic rings. The lowest BCUT2D eigenvalue weighted by Crippen LogP contribution is -2.30. The number of pyridine rings is 1. The number of ether oxygens (including phenoxy) is 1. The molecule has 0 aliphatic carbocycles. The molecule has 116 valence electrons. The Balaban J connectivity index is 1.74. The van der Waals surface area contributed by atoms with Gasteiger partial charge in [-0.2, -0.15) is 0 Å². The maximum atomic E-state index is 12.4. The molecule has 0 bridgehead atoms. The average molecular weight is 371 g/mol. The van der Waals surface area contributed by atoms with Crippen LogP contribution in [0.25, 0.3) is 10.9 Å². The van der Waals surface area contributed by atoms with E-state index < -0.39 is 6.10 Å². The quantitative estimate of drug-likeness (QED) is 0.740. The van der Waals surface area contributed by atoms with Crippen LogP contribution in [0, 0.1) is 0 Å². The van der Waals surface area contributed by atoms with Crippen molar-refractivity contribution in [3.63, 3.8) is 0 Å². The molecule has 0 saturated carbocycles. The number of nitrogens with one attached hydrogen (secondary N) is 1. The lowest BCUT2D eigenvalue weighted by atomic mass is 10.2. The van der Waals surface area contributed by atoms with Gasteiger partial charge in [0, 0.05) is 16.1 Å². The summed E-state index contributed by atoms with van der Waals surface area (Å²) in [6, 6.07) is 16.8. The van der Waals surface area contributed by atoms with Gasteiger partial charge in [-0.25, -0.2) is 0 Å². The first-order chi connectivity index (χ1) is 11.1.